The molecule has 35 heavy (non-hydrogen) atoms. The van der Waals surface area contributed by atoms with E-state index in [0.717, 1.165) is 0 Å². The fourth-order valence-corrected chi connectivity index (χ4v) is 3.88. The number of alkyl halides is 9. The first-order valence-electron chi connectivity index (χ1n) is 10.4. The summed E-state index contributed by atoms with van der Waals surface area (Å²) >= 11 is 0. The van der Waals surface area contributed by atoms with Gasteiger partial charge in [-0.05, 0) is 56.5 Å². The van der Waals surface area contributed by atoms with Gasteiger partial charge in [0.2, 0.25) is 0 Å². The Bertz CT molecular complexity index is 886. The first-order chi connectivity index (χ1) is 16.0. The number of hydrogen-bond acceptors (Lipinski definition) is 3. The molecule has 14 heteroatoms. The van der Waals surface area contributed by atoms with E-state index in [1.165, 1.54) is 0 Å². The van der Waals surface area contributed by atoms with E-state index < -0.39 is 53.1 Å². The molecule has 1 N–H and O–H groups in total. The molecule has 1 fully saturated rings. The Kier molecular flexibility index (Phi) is 8.82. The summed E-state index contributed by atoms with van der Waals surface area (Å²) < 4.78 is 117. The number of nitrogens with one attached hydrogen (secondary N) is 1. The molecule has 1 aliphatic carbocycles. The first kappa shape index (κ1) is 28.4. The lowest BCUT2D eigenvalue weighted by Gasteiger charge is -2.37. The number of rotatable bonds is 7. The molecule has 0 aliphatic heterocycles. The van der Waals surface area contributed by atoms with Gasteiger partial charge < -0.3 is 10.2 Å². The zero-order valence-electron chi connectivity index (χ0n) is 18.2. The zero-order chi connectivity index (χ0) is 26.6. The van der Waals surface area contributed by atoms with Crippen LogP contribution in [0.15, 0.2) is 23.2 Å². The molecule has 1 aliphatic rings. The maximum Gasteiger partial charge on any atom is 0.471 e. The van der Waals surface area contributed by atoms with E-state index in [0.29, 0.717) is 17.0 Å². The van der Waals surface area contributed by atoms with Crippen LogP contribution in [0.1, 0.15) is 47.2 Å². The molecule has 0 radical (unpaired) electrons. The van der Waals surface area contributed by atoms with E-state index in [4.69, 9.17) is 0 Å². The highest BCUT2D eigenvalue weighted by Crippen LogP contribution is 2.36. The second-order valence-corrected chi connectivity index (χ2v) is 8.12. The second kappa shape index (κ2) is 10.9. The summed E-state index contributed by atoms with van der Waals surface area (Å²) in [7, 11) is 0. The average Bonchev–Trinajstić information content (AvgIpc) is 2.76. The molecule has 0 saturated heterocycles. The Balaban J connectivity index is 2.03. The molecule has 0 aromatic heterocycles. The Morgan fingerprint density at radius 3 is 1.86 bits per heavy atom. The third kappa shape index (κ3) is 7.85. The Hall–Kier alpha value is -2.80. The predicted molar refractivity (Wildman–Crippen MR) is 107 cm³/mol. The van der Waals surface area contributed by atoms with Gasteiger partial charge in [0.1, 0.15) is 0 Å². The molecule has 0 bridgehead atoms. The van der Waals surface area contributed by atoms with Crippen molar-refractivity contribution in [1.82, 2.24) is 10.2 Å². The molecule has 2 amide bonds. The van der Waals surface area contributed by atoms with Crippen molar-refractivity contribution >= 4 is 18.5 Å². The van der Waals surface area contributed by atoms with Crippen molar-refractivity contribution in [3.8, 4) is 0 Å². The van der Waals surface area contributed by atoms with E-state index in [9.17, 15) is 49.1 Å². The molecule has 1 aromatic carbocycles. The van der Waals surface area contributed by atoms with Gasteiger partial charge in [-0.2, -0.15) is 39.5 Å². The number of carbonyl (C=O) groups excluding carboxylic acids is 2. The number of halogens is 9. The largest absolute Gasteiger partial charge is 0.471 e. The number of carbonyl (C=O) groups is 2. The maximum atomic E-state index is 13.0. The Morgan fingerprint density at radius 1 is 0.914 bits per heavy atom. The third-order valence-corrected chi connectivity index (χ3v) is 5.66. The van der Waals surface area contributed by atoms with Crippen LogP contribution in [0.3, 0.4) is 0 Å². The summed E-state index contributed by atoms with van der Waals surface area (Å²) in [5, 5.41) is 2.29. The van der Waals surface area contributed by atoms with E-state index in [1.54, 1.807) is 0 Å². The van der Waals surface area contributed by atoms with Gasteiger partial charge in [0, 0.05) is 24.7 Å². The van der Waals surface area contributed by atoms with Crippen LogP contribution < -0.4 is 5.32 Å². The average molecular weight is 519 g/mol. The lowest BCUT2D eigenvalue weighted by Crippen LogP contribution is -2.49. The van der Waals surface area contributed by atoms with Crippen molar-refractivity contribution in [3.05, 3.63) is 34.9 Å². The number of amides is 2. The monoisotopic (exact) mass is 519 g/mol. The summed E-state index contributed by atoms with van der Waals surface area (Å²) in [5.74, 6) is -3.43. The normalized spacial score (nSPS) is 19.2. The van der Waals surface area contributed by atoms with Gasteiger partial charge in [0.25, 0.3) is 5.91 Å². The minimum Gasteiger partial charge on any atom is -0.352 e. The Labute approximate surface area is 194 Å². The minimum atomic E-state index is -5.10. The van der Waals surface area contributed by atoms with Crippen molar-refractivity contribution in [2.24, 2.45) is 10.9 Å². The fraction of sp³-hybridized carbons (Fsp3) is 0.571. The second-order valence-electron chi connectivity index (χ2n) is 8.12. The summed E-state index contributed by atoms with van der Waals surface area (Å²) in [4.78, 5) is 28.2. The van der Waals surface area contributed by atoms with Crippen LogP contribution in [0.25, 0.3) is 0 Å². The summed E-state index contributed by atoms with van der Waals surface area (Å²) in [6, 6.07) is -0.185. The molecular weight excluding hydrogens is 497 g/mol. The van der Waals surface area contributed by atoms with E-state index in [2.05, 4.69) is 17.0 Å². The standard InChI is InChI=1S/C21H22F9N3O2/c1-31-6-7-33(18(35)21(28,29)30)16-4-2-12(3-5-16)11-32-17(34)13-8-14(19(22,23)24)10-15(9-13)20(25,26)27/h8-10,12,16H,1-7,11H2,(H,32,34). The molecule has 1 saturated carbocycles. The zero-order valence-corrected chi connectivity index (χ0v) is 18.2. The third-order valence-electron chi connectivity index (χ3n) is 5.66. The maximum absolute atomic E-state index is 13.0. The lowest BCUT2D eigenvalue weighted by molar-refractivity contribution is -0.188. The molecule has 5 nitrogen and oxygen atoms in total. The van der Waals surface area contributed by atoms with Crippen molar-refractivity contribution in [1.29, 1.82) is 0 Å². The summed E-state index contributed by atoms with van der Waals surface area (Å²) in [6.07, 6.45) is -14.4. The van der Waals surface area contributed by atoms with Crippen LogP contribution in [0, 0.1) is 5.92 Å². The molecule has 0 atom stereocenters. The van der Waals surface area contributed by atoms with Gasteiger partial charge in [0.05, 0.1) is 17.7 Å². The highest BCUT2D eigenvalue weighted by molar-refractivity contribution is 5.94. The molecular formula is C21H22F9N3O2. The van der Waals surface area contributed by atoms with Crippen LogP contribution in [0.4, 0.5) is 39.5 Å². The van der Waals surface area contributed by atoms with Crippen LogP contribution >= 0.6 is 0 Å². The molecule has 0 heterocycles. The summed E-state index contributed by atoms with van der Waals surface area (Å²) in [5.41, 5.74) is -4.07. The minimum absolute atomic E-state index is 0.0886. The van der Waals surface area contributed by atoms with Crippen molar-refractivity contribution < 1.29 is 49.1 Å². The number of benzene rings is 1. The number of aliphatic imine (C=N–C) groups is 1. The van der Waals surface area contributed by atoms with Gasteiger partial charge in [-0.3, -0.25) is 14.6 Å². The predicted octanol–water partition coefficient (Wildman–Crippen LogP) is 5.10. The topological polar surface area (TPSA) is 61.8 Å². The smallest absolute Gasteiger partial charge is 0.352 e. The van der Waals surface area contributed by atoms with Gasteiger partial charge in [-0.1, -0.05) is 0 Å². The lowest BCUT2D eigenvalue weighted by atomic mass is 9.85. The SMILES string of the molecule is C=NCCN(C(=O)C(F)(F)F)C1CCC(CNC(=O)c2cc(C(F)(F)F)cc(C(F)(F)F)c2)CC1. The van der Waals surface area contributed by atoms with Gasteiger partial charge in [0.15, 0.2) is 0 Å². The van der Waals surface area contributed by atoms with Crippen molar-refractivity contribution in [2.75, 3.05) is 19.6 Å². The van der Waals surface area contributed by atoms with Crippen molar-refractivity contribution in [2.45, 2.75) is 50.3 Å². The highest BCUT2D eigenvalue weighted by atomic mass is 19.4. The first-order valence-corrected chi connectivity index (χ1v) is 10.4. The van der Waals surface area contributed by atoms with E-state index >= 15 is 0 Å². The molecule has 0 unspecified atom stereocenters. The molecule has 1 aromatic rings. The van der Waals surface area contributed by atoms with Crippen LogP contribution in [-0.4, -0.2) is 55.3 Å². The molecule has 0 spiro atoms. The quantitative estimate of drug-likeness (QED) is 0.403. The van der Waals surface area contributed by atoms with Crippen LogP contribution in [-0.2, 0) is 17.1 Å². The van der Waals surface area contributed by atoms with Crippen molar-refractivity contribution in [3.63, 3.8) is 0 Å². The van der Waals surface area contributed by atoms with Gasteiger partial charge >= 0.3 is 24.4 Å². The van der Waals surface area contributed by atoms with Gasteiger partial charge in [-0.25, -0.2) is 0 Å². The molecule has 196 valence electrons. The number of nitrogens with zero attached hydrogens (tertiary/aromatic N) is 2. The Morgan fingerprint density at radius 2 is 1.43 bits per heavy atom. The van der Waals surface area contributed by atoms with Crippen LogP contribution in [0.2, 0.25) is 0 Å². The van der Waals surface area contributed by atoms with E-state index in [-0.39, 0.29) is 57.3 Å². The number of hydrogen-bond donors (Lipinski definition) is 1. The fourth-order valence-electron chi connectivity index (χ4n) is 3.88. The molecule has 2 rings (SSSR count). The van der Waals surface area contributed by atoms with E-state index in [1.807, 2.05) is 0 Å². The highest BCUT2D eigenvalue weighted by Gasteiger charge is 2.45. The summed E-state index contributed by atoms with van der Waals surface area (Å²) in [6.45, 7) is 2.71. The van der Waals surface area contributed by atoms with Crippen LogP contribution in [0.5, 0.6) is 0 Å². The van der Waals surface area contributed by atoms with Gasteiger partial charge in [-0.15, -0.1) is 0 Å².